The van der Waals surface area contributed by atoms with Crippen LogP contribution in [0.4, 0.5) is 13.2 Å². The van der Waals surface area contributed by atoms with Gasteiger partial charge in [-0.15, -0.1) is 0 Å². The lowest BCUT2D eigenvalue weighted by Gasteiger charge is -2.40. The number of rotatable bonds is 5. The summed E-state index contributed by atoms with van der Waals surface area (Å²) in [5.74, 6) is -1.57. The van der Waals surface area contributed by atoms with Crippen LogP contribution in [0.2, 0.25) is 0 Å². The van der Waals surface area contributed by atoms with Gasteiger partial charge in [0.1, 0.15) is 5.69 Å². The molecule has 198 valence electrons. The van der Waals surface area contributed by atoms with Gasteiger partial charge in [-0.25, -0.2) is 4.79 Å². The number of benzene rings is 1. The molecule has 1 aliphatic heterocycles. The lowest BCUT2D eigenvalue weighted by molar-refractivity contribution is -0.192. The predicted molar refractivity (Wildman–Crippen MR) is 129 cm³/mol. The van der Waals surface area contributed by atoms with Gasteiger partial charge in [-0.1, -0.05) is 30.3 Å². The van der Waals surface area contributed by atoms with E-state index in [1.54, 1.807) is 12.3 Å². The molecule has 1 aromatic carbocycles. The van der Waals surface area contributed by atoms with Crippen LogP contribution < -0.4 is 5.32 Å². The van der Waals surface area contributed by atoms with Crippen LogP contribution in [0, 0.1) is 5.92 Å². The minimum atomic E-state index is -5.08. The van der Waals surface area contributed by atoms with Crippen LogP contribution in [0.1, 0.15) is 66.1 Å². The molecule has 2 fully saturated rings. The van der Waals surface area contributed by atoms with E-state index in [1.165, 1.54) is 24.0 Å². The Morgan fingerprint density at radius 2 is 1.70 bits per heavy atom. The van der Waals surface area contributed by atoms with Crippen LogP contribution in [0.5, 0.6) is 0 Å². The number of alkyl halides is 3. The van der Waals surface area contributed by atoms with Crippen molar-refractivity contribution >= 4 is 17.8 Å². The molecule has 1 unspecified atom stereocenters. The van der Waals surface area contributed by atoms with Crippen molar-refractivity contribution < 1.29 is 32.7 Å². The summed E-state index contributed by atoms with van der Waals surface area (Å²) < 4.78 is 31.7. The number of pyridine rings is 1. The minimum absolute atomic E-state index is 0.0211. The largest absolute Gasteiger partial charge is 0.490 e. The van der Waals surface area contributed by atoms with E-state index in [9.17, 15) is 22.8 Å². The number of nitrogens with zero attached hydrogens (tertiary/aromatic N) is 2. The monoisotopic (exact) mass is 517 g/mol. The third-order valence-electron chi connectivity index (χ3n) is 7.46. The van der Waals surface area contributed by atoms with Crippen molar-refractivity contribution in [3.8, 4) is 0 Å². The van der Waals surface area contributed by atoms with E-state index < -0.39 is 12.1 Å². The number of carbonyl (C=O) groups excluding carboxylic acids is 2. The maximum absolute atomic E-state index is 12.8. The van der Waals surface area contributed by atoms with Gasteiger partial charge in [0.05, 0.1) is 0 Å². The molecular formula is C27H30F3N3O4. The molecule has 37 heavy (non-hydrogen) atoms. The van der Waals surface area contributed by atoms with Crippen molar-refractivity contribution in [2.45, 2.75) is 56.0 Å². The fraction of sp³-hybridized carbons (Fsp3) is 0.481. The Bertz CT molecular complexity index is 1130. The summed E-state index contributed by atoms with van der Waals surface area (Å²) in [5.41, 5.74) is 3.34. The summed E-state index contributed by atoms with van der Waals surface area (Å²) in [4.78, 5) is 40.4. The van der Waals surface area contributed by atoms with Gasteiger partial charge >= 0.3 is 12.1 Å². The number of carboxylic acid groups (broad SMARTS) is 1. The molecule has 5 rings (SSSR count). The molecule has 1 spiro atoms. The zero-order chi connectivity index (χ0) is 26.6. The second-order valence-corrected chi connectivity index (χ2v) is 10.0. The number of amides is 2. The van der Waals surface area contributed by atoms with Gasteiger partial charge in [-0.2, -0.15) is 13.2 Å². The van der Waals surface area contributed by atoms with Gasteiger partial charge in [-0.3, -0.25) is 14.6 Å². The normalized spacial score (nSPS) is 20.0. The lowest BCUT2D eigenvalue weighted by atomic mass is 9.73. The van der Waals surface area contributed by atoms with E-state index in [-0.39, 0.29) is 23.1 Å². The summed E-state index contributed by atoms with van der Waals surface area (Å²) in [6, 6.07) is 14.1. The smallest absolute Gasteiger partial charge is 0.475 e. The Labute approximate surface area is 213 Å². The van der Waals surface area contributed by atoms with Gasteiger partial charge in [-0.05, 0) is 72.6 Å². The molecular weight excluding hydrogens is 487 g/mol. The summed E-state index contributed by atoms with van der Waals surface area (Å²) in [6.45, 7) is 2.32. The van der Waals surface area contributed by atoms with Crippen LogP contribution >= 0.6 is 0 Å². The van der Waals surface area contributed by atoms with E-state index in [4.69, 9.17) is 9.90 Å². The van der Waals surface area contributed by atoms with Gasteiger partial charge in [0, 0.05) is 32.3 Å². The molecule has 1 saturated heterocycles. The summed E-state index contributed by atoms with van der Waals surface area (Å²) in [6.07, 6.45) is 2.57. The molecule has 0 bridgehead atoms. The zero-order valence-corrected chi connectivity index (χ0v) is 20.3. The number of aliphatic carboxylic acids is 1. The zero-order valence-electron chi connectivity index (χ0n) is 20.3. The van der Waals surface area contributed by atoms with E-state index in [2.05, 4.69) is 34.6 Å². The number of hydrogen-bond acceptors (Lipinski definition) is 4. The molecule has 3 aliphatic rings. The van der Waals surface area contributed by atoms with E-state index >= 15 is 0 Å². The van der Waals surface area contributed by atoms with Gasteiger partial charge in [0.2, 0.25) is 5.91 Å². The number of carboxylic acids is 1. The molecule has 0 radical (unpaired) electrons. The molecule has 7 nitrogen and oxygen atoms in total. The van der Waals surface area contributed by atoms with E-state index in [0.717, 1.165) is 38.9 Å². The summed E-state index contributed by atoms with van der Waals surface area (Å²) in [5, 5.41) is 10.3. The Hall–Kier alpha value is -3.43. The Kier molecular flexibility index (Phi) is 7.85. The van der Waals surface area contributed by atoms with Crippen LogP contribution in [0.25, 0.3) is 0 Å². The third kappa shape index (κ3) is 6.47. The van der Waals surface area contributed by atoms with Gasteiger partial charge in [0.15, 0.2) is 0 Å². The van der Waals surface area contributed by atoms with Crippen LogP contribution in [-0.4, -0.2) is 58.6 Å². The predicted octanol–water partition coefficient (Wildman–Crippen LogP) is 4.29. The molecule has 2 amide bonds. The highest BCUT2D eigenvalue weighted by atomic mass is 19.4. The van der Waals surface area contributed by atoms with Crippen LogP contribution in [0.3, 0.4) is 0 Å². The molecule has 1 saturated carbocycles. The number of halogens is 3. The van der Waals surface area contributed by atoms with Crippen LogP contribution in [0.15, 0.2) is 48.7 Å². The molecule has 2 aliphatic carbocycles. The molecule has 1 aromatic heterocycles. The number of aromatic nitrogens is 1. The minimum Gasteiger partial charge on any atom is -0.475 e. The number of piperidine rings is 1. The van der Waals surface area contributed by atoms with Crippen molar-refractivity contribution in [3.63, 3.8) is 0 Å². The lowest BCUT2D eigenvalue weighted by Crippen LogP contribution is -2.44. The van der Waals surface area contributed by atoms with Crippen LogP contribution in [-0.2, 0) is 15.0 Å². The molecule has 2 heterocycles. The van der Waals surface area contributed by atoms with Crippen molar-refractivity contribution in [2.24, 2.45) is 5.92 Å². The standard InChI is InChI=1S/C25H29N3O2.C2HF3O2/c29-23(27-17-18-8-9-18)15-19-16-25(21-6-2-1-5-20(19)21)10-13-28(14-11-25)24(30)22-7-3-4-12-26-22;3-2(4,5)1(6)7/h1-7,12,18-19H,8-11,13-17H2,(H,27,29);(H,6,7). The Balaban J connectivity index is 0.000000405. The Morgan fingerprint density at radius 1 is 1.05 bits per heavy atom. The average molecular weight is 518 g/mol. The van der Waals surface area contributed by atoms with Crippen molar-refractivity contribution in [3.05, 3.63) is 65.5 Å². The maximum Gasteiger partial charge on any atom is 0.490 e. The highest BCUT2D eigenvalue weighted by Crippen LogP contribution is 2.52. The summed E-state index contributed by atoms with van der Waals surface area (Å²) in [7, 11) is 0. The SMILES string of the molecule is O=C(CC1CC2(CCN(C(=O)c3ccccn3)CC2)c2ccccc21)NCC1CC1.O=C(O)C(F)(F)F. The van der Waals surface area contributed by atoms with Crippen molar-refractivity contribution in [1.29, 1.82) is 0 Å². The number of likely N-dealkylation sites (tertiary alicyclic amines) is 1. The van der Waals surface area contributed by atoms with Crippen molar-refractivity contribution in [1.82, 2.24) is 15.2 Å². The first-order chi connectivity index (χ1) is 17.6. The van der Waals surface area contributed by atoms with Gasteiger partial charge < -0.3 is 15.3 Å². The Morgan fingerprint density at radius 3 is 2.30 bits per heavy atom. The maximum atomic E-state index is 12.8. The molecule has 2 N–H and O–H groups in total. The number of hydrogen-bond donors (Lipinski definition) is 2. The highest BCUT2D eigenvalue weighted by Gasteiger charge is 2.46. The van der Waals surface area contributed by atoms with E-state index in [1.807, 2.05) is 17.0 Å². The first-order valence-electron chi connectivity index (χ1n) is 12.5. The first-order valence-corrected chi connectivity index (χ1v) is 12.5. The fourth-order valence-corrected chi connectivity index (χ4v) is 5.35. The first kappa shape index (κ1) is 26.6. The number of nitrogens with one attached hydrogen (secondary N) is 1. The molecule has 2 aromatic rings. The average Bonchev–Trinajstić information content (AvgIpc) is 3.68. The quantitative estimate of drug-likeness (QED) is 0.617. The number of fused-ring (bicyclic) bond motifs is 2. The second-order valence-electron chi connectivity index (χ2n) is 10.0. The molecule has 1 atom stereocenters. The summed E-state index contributed by atoms with van der Waals surface area (Å²) >= 11 is 0. The highest BCUT2D eigenvalue weighted by molar-refractivity contribution is 5.92. The topological polar surface area (TPSA) is 99.6 Å². The third-order valence-corrected chi connectivity index (χ3v) is 7.46. The second kappa shape index (κ2) is 10.9. The van der Waals surface area contributed by atoms with E-state index in [0.29, 0.717) is 18.0 Å². The fourth-order valence-electron chi connectivity index (χ4n) is 5.35. The van der Waals surface area contributed by atoms with Gasteiger partial charge in [0.25, 0.3) is 5.91 Å². The number of carbonyl (C=O) groups is 3. The van der Waals surface area contributed by atoms with Crippen molar-refractivity contribution in [2.75, 3.05) is 19.6 Å². The molecule has 10 heteroatoms.